The molecule has 80 valence electrons. The smallest absolute Gasteiger partial charge is 0.309 e. The molecule has 0 aliphatic carbocycles. The molecular weight excluding hydrogens is 228 g/mol. The predicted molar refractivity (Wildman–Crippen MR) is 56.1 cm³/mol. The number of para-hydroxylation sites is 1. The van der Waals surface area contributed by atoms with Crippen LogP contribution >= 0.6 is 11.6 Å². The molecule has 0 aliphatic rings. The summed E-state index contributed by atoms with van der Waals surface area (Å²) in [6.45, 7) is 0. The summed E-state index contributed by atoms with van der Waals surface area (Å²) in [5.74, 6) is 0. The van der Waals surface area contributed by atoms with E-state index in [1.165, 1.54) is 9.08 Å². The molecule has 3 aromatic rings. The van der Waals surface area contributed by atoms with Gasteiger partial charge in [0.05, 0.1) is 12.4 Å². The Balaban J connectivity index is 2.68. The van der Waals surface area contributed by atoms with Gasteiger partial charge in [0.1, 0.15) is 5.52 Å². The Bertz CT molecular complexity index is 707. The van der Waals surface area contributed by atoms with Gasteiger partial charge in [-0.3, -0.25) is 0 Å². The minimum atomic E-state index is -0.416. The maximum atomic E-state index is 11.6. The molecule has 0 aliphatic heterocycles. The quantitative estimate of drug-likeness (QED) is 0.419. The molecule has 6 heteroatoms. The fourth-order valence-electron chi connectivity index (χ4n) is 1.83. The van der Waals surface area contributed by atoms with Crippen molar-refractivity contribution in [2.24, 2.45) is 7.05 Å². The van der Waals surface area contributed by atoms with Crippen LogP contribution in [0.1, 0.15) is 0 Å². The lowest BCUT2D eigenvalue weighted by molar-refractivity contribution is -0.586. The van der Waals surface area contributed by atoms with E-state index in [1.807, 2.05) is 24.3 Å². The van der Waals surface area contributed by atoms with E-state index < -0.39 is 6.01 Å². The molecule has 16 heavy (non-hydrogen) atoms. The molecule has 0 spiro atoms. The van der Waals surface area contributed by atoms with Gasteiger partial charge in [0.25, 0.3) is 0 Å². The molecule has 0 atom stereocenters. The second-order valence-corrected chi connectivity index (χ2v) is 3.80. The Labute approximate surface area is 95.5 Å². The van der Waals surface area contributed by atoms with Crippen LogP contribution < -0.4 is 9.51 Å². The summed E-state index contributed by atoms with van der Waals surface area (Å²) in [5, 5.41) is 16.4. The zero-order valence-corrected chi connectivity index (χ0v) is 9.14. The van der Waals surface area contributed by atoms with Gasteiger partial charge in [-0.25, -0.2) is 0 Å². The largest absolute Gasteiger partial charge is 0.824 e. The number of nitrogens with zero attached hydrogens (tertiary/aromatic N) is 4. The van der Waals surface area contributed by atoms with Crippen LogP contribution in [0.25, 0.3) is 16.6 Å². The number of rotatable bonds is 0. The summed E-state index contributed by atoms with van der Waals surface area (Å²) in [5.41, 5.74) is 1.40. The van der Waals surface area contributed by atoms with E-state index >= 15 is 0 Å². The number of fused-ring (bicyclic) bond motifs is 3. The lowest BCUT2D eigenvalue weighted by Crippen LogP contribution is -2.27. The molecular formula is C10H7ClN4O. The second kappa shape index (κ2) is 3.05. The maximum Gasteiger partial charge on any atom is 0.309 e. The fourth-order valence-corrected chi connectivity index (χ4v) is 2.07. The minimum Gasteiger partial charge on any atom is -0.824 e. The molecule has 0 amide bonds. The number of aryl methyl sites for hydroxylation is 1. The summed E-state index contributed by atoms with van der Waals surface area (Å²) < 4.78 is 2.81. The second-order valence-electron chi connectivity index (χ2n) is 3.46. The van der Waals surface area contributed by atoms with Crippen molar-refractivity contribution in [3.63, 3.8) is 0 Å². The van der Waals surface area contributed by atoms with Crippen LogP contribution in [0.2, 0.25) is 5.28 Å². The third-order valence-corrected chi connectivity index (χ3v) is 2.74. The van der Waals surface area contributed by atoms with E-state index in [0.717, 1.165) is 10.9 Å². The van der Waals surface area contributed by atoms with Crippen LogP contribution in [0, 0.1) is 0 Å². The van der Waals surface area contributed by atoms with Crippen LogP contribution in [-0.2, 0) is 7.05 Å². The normalized spacial score (nSPS) is 11.4. The number of hydrogen-bond donors (Lipinski definition) is 0. The van der Waals surface area contributed by atoms with Gasteiger partial charge in [-0.1, -0.05) is 12.1 Å². The maximum absolute atomic E-state index is 11.6. The molecule has 0 N–H and O–H groups in total. The first-order chi connectivity index (χ1) is 7.68. The van der Waals surface area contributed by atoms with E-state index in [2.05, 4.69) is 10.1 Å². The van der Waals surface area contributed by atoms with Crippen molar-refractivity contribution in [3.05, 3.63) is 29.5 Å². The van der Waals surface area contributed by atoms with E-state index in [1.54, 1.807) is 7.05 Å². The van der Waals surface area contributed by atoms with Crippen LogP contribution in [0.4, 0.5) is 0 Å². The Morgan fingerprint density at radius 3 is 2.94 bits per heavy atom. The van der Waals surface area contributed by atoms with Crippen LogP contribution in [0.15, 0.2) is 24.3 Å². The van der Waals surface area contributed by atoms with Crippen molar-refractivity contribution in [3.8, 4) is 6.01 Å². The Hall–Kier alpha value is -1.88. The third kappa shape index (κ3) is 1.09. The summed E-state index contributed by atoms with van der Waals surface area (Å²) in [6, 6.07) is 7.07. The highest BCUT2D eigenvalue weighted by atomic mass is 35.5. The minimum absolute atomic E-state index is 0.131. The lowest BCUT2D eigenvalue weighted by Gasteiger charge is -1.99. The van der Waals surface area contributed by atoms with Crippen molar-refractivity contribution in [1.29, 1.82) is 0 Å². The molecule has 0 saturated carbocycles. The first kappa shape index (κ1) is 9.35. The standard InChI is InChI=1S/C10H7ClN4O/c1-14-8-6-4-2-3-5-7(6)12-9(11)15(8)10(16)13-14/h2-5H,1H3. The average molecular weight is 235 g/mol. The van der Waals surface area contributed by atoms with E-state index in [0.29, 0.717) is 5.65 Å². The van der Waals surface area contributed by atoms with E-state index in [4.69, 9.17) is 11.6 Å². The summed E-state index contributed by atoms with van der Waals surface area (Å²) in [4.78, 5) is 4.15. The molecule has 5 nitrogen and oxygen atoms in total. The molecule has 0 fully saturated rings. The van der Waals surface area contributed by atoms with Gasteiger partial charge in [0, 0.05) is 0 Å². The van der Waals surface area contributed by atoms with Crippen molar-refractivity contribution in [1.82, 2.24) is 14.8 Å². The fraction of sp³-hybridized carbons (Fsp3) is 0.100. The Kier molecular flexibility index (Phi) is 1.79. The average Bonchev–Trinajstić information content (AvgIpc) is 2.55. The molecule has 1 aromatic carbocycles. The first-order valence-electron chi connectivity index (χ1n) is 4.68. The number of halogens is 1. The number of benzene rings is 1. The van der Waals surface area contributed by atoms with E-state index in [-0.39, 0.29) is 5.28 Å². The van der Waals surface area contributed by atoms with Gasteiger partial charge >= 0.3 is 5.28 Å². The zero-order valence-electron chi connectivity index (χ0n) is 8.38. The molecule has 2 heterocycles. The highest BCUT2D eigenvalue weighted by Gasteiger charge is 2.17. The van der Waals surface area contributed by atoms with Gasteiger partial charge in [0.15, 0.2) is 0 Å². The van der Waals surface area contributed by atoms with Crippen molar-refractivity contribution < 1.29 is 9.51 Å². The number of hydrogen-bond acceptors (Lipinski definition) is 3. The van der Waals surface area contributed by atoms with Gasteiger partial charge in [-0.05, 0) is 28.8 Å². The molecule has 0 bridgehead atoms. The van der Waals surface area contributed by atoms with E-state index in [9.17, 15) is 5.11 Å². The lowest BCUT2D eigenvalue weighted by atomic mass is 10.2. The molecule has 0 radical (unpaired) electrons. The summed E-state index contributed by atoms with van der Waals surface area (Å²) in [7, 11) is 1.71. The summed E-state index contributed by atoms with van der Waals surface area (Å²) >= 11 is 5.95. The van der Waals surface area contributed by atoms with Crippen molar-refractivity contribution in [2.75, 3.05) is 0 Å². The molecule has 2 aromatic heterocycles. The van der Waals surface area contributed by atoms with Crippen LogP contribution in [0.3, 0.4) is 0 Å². The van der Waals surface area contributed by atoms with Crippen molar-refractivity contribution in [2.45, 2.75) is 0 Å². The molecule has 0 unspecified atom stereocenters. The Morgan fingerprint density at radius 2 is 2.12 bits per heavy atom. The van der Waals surface area contributed by atoms with Gasteiger partial charge in [0.2, 0.25) is 11.7 Å². The molecule has 3 rings (SSSR count). The zero-order chi connectivity index (χ0) is 11.3. The Morgan fingerprint density at radius 1 is 1.38 bits per heavy atom. The van der Waals surface area contributed by atoms with Crippen LogP contribution in [-0.4, -0.2) is 14.8 Å². The highest BCUT2D eigenvalue weighted by Crippen LogP contribution is 2.18. The topological polar surface area (TPSA) is 57.9 Å². The van der Waals surface area contributed by atoms with Gasteiger partial charge in [-0.15, -0.1) is 9.67 Å². The van der Waals surface area contributed by atoms with Crippen molar-refractivity contribution >= 4 is 28.2 Å². The highest BCUT2D eigenvalue weighted by molar-refractivity contribution is 6.27. The van der Waals surface area contributed by atoms with Gasteiger partial charge < -0.3 is 5.11 Å². The number of aromatic nitrogens is 4. The monoisotopic (exact) mass is 234 g/mol. The SMILES string of the molecule is Cn1nc([O-])[n+]2c(Cl)nc3ccccc3c12. The van der Waals surface area contributed by atoms with Gasteiger partial charge in [-0.2, -0.15) is 4.40 Å². The third-order valence-electron chi connectivity index (χ3n) is 2.49. The molecule has 0 saturated heterocycles. The predicted octanol–water partition coefficient (Wildman–Crippen LogP) is 0.434. The first-order valence-corrected chi connectivity index (χ1v) is 5.06. The van der Waals surface area contributed by atoms with Crippen LogP contribution in [0.5, 0.6) is 6.01 Å². The summed E-state index contributed by atoms with van der Waals surface area (Å²) in [6.07, 6.45) is 0.